The van der Waals surface area contributed by atoms with Crippen LogP contribution in [-0.4, -0.2) is 25.0 Å². The number of thiophene rings is 1. The van der Waals surface area contributed by atoms with E-state index in [9.17, 15) is 8.42 Å². The van der Waals surface area contributed by atoms with Gasteiger partial charge in [0.15, 0.2) is 0 Å². The average molecular weight is 336 g/mol. The van der Waals surface area contributed by atoms with E-state index in [2.05, 4.69) is 0 Å². The first-order chi connectivity index (χ1) is 9.51. The lowest BCUT2D eigenvalue weighted by molar-refractivity contribution is 0.368. The van der Waals surface area contributed by atoms with Gasteiger partial charge in [0, 0.05) is 18.0 Å². The highest BCUT2D eigenvalue weighted by molar-refractivity contribution is 7.89. The van der Waals surface area contributed by atoms with Crippen molar-refractivity contribution in [1.82, 2.24) is 4.31 Å². The van der Waals surface area contributed by atoms with Crippen molar-refractivity contribution in [3.05, 3.63) is 21.3 Å². The van der Waals surface area contributed by atoms with Gasteiger partial charge in [-0.05, 0) is 30.9 Å². The largest absolute Gasteiger partial charge is 0.214 e. The van der Waals surface area contributed by atoms with Crippen LogP contribution in [-0.2, 0) is 16.6 Å². The van der Waals surface area contributed by atoms with Gasteiger partial charge in [-0.2, -0.15) is 4.31 Å². The normalized spacial score (nSPS) is 17.8. The second-order valence-corrected chi connectivity index (χ2v) is 9.23. The number of nitrogens with zero attached hydrogens (tertiary/aromatic N) is 1. The maximum atomic E-state index is 12.5. The van der Waals surface area contributed by atoms with Crippen LogP contribution in [0.25, 0.3) is 0 Å². The minimum Gasteiger partial charge on any atom is -0.212 e. The molecule has 0 unspecified atom stereocenters. The molecule has 0 aliphatic heterocycles. The first kappa shape index (κ1) is 16.3. The number of halogens is 1. The number of hydrogen-bond acceptors (Lipinski definition) is 3. The van der Waals surface area contributed by atoms with E-state index in [0.29, 0.717) is 29.1 Å². The third-order valence-corrected chi connectivity index (χ3v) is 7.16. The molecule has 1 fully saturated rings. The Balaban J connectivity index is 2.00. The number of sulfonamides is 1. The zero-order valence-corrected chi connectivity index (χ0v) is 14.2. The summed E-state index contributed by atoms with van der Waals surface area (Å²) in [5.74, 6) is 0.648. The van der Waals surface area contributed by atoms with Gasteiger partial charge in [0.2, 0.25) is 10.0 Å². The van der Waals surface area contributed by atoms with Crippen LogP contribution in [0.4, 0.5) is 0 Å². The van der Waals surface area contributed by atoms with E-state index in [4.69, 9.17) is 11.6 Å². The number of hydrogen-bond donors (Lipinski definition) is 0. The molecular formula is C14H22ClNO2S2. The molecule has 114 valence electrons. The topological polar surface area (TPSA) is 37.4 Å². The Morgan fingerprint density at radius 3 is 2.55 bits per heavy atom. The molecule has 20 heavy (non-hydrogen) atoms. The van der Waals surface area contributed by atoms with E-state index in [-0.39, 0.29) is 0 Å². The standard InChI is InChI=1S/C14H22ClNO2S2/c1-2-16(10-13-8-9-14(15)19-13)20(17,18)11-12-6-4-3-5-7-12/h8-9,12H,2-7,10-11H2,1H3. The van der Waals surface area contributed by atoms with Gasteiger partial charge < -0.3 is 0 Å². The lowest BCUT2D eigenvalue weighted by Crippen LogP contribution is -2.35. The molecule has 3 nitrogen and oxygen atoms in total. The summed E-state index contributed by atoms with van der Waals surface area (Å²) in [5.41, 5.74) is 0. The van der Waals surface area contributed by atoms with Crippen LogP contribution in [0.2, 0.25) is 4.34 Å². The van der Waals surface area contributed by atoms with Gasteiger partial charge in [-0.15, -0.1) is 11.3 Å². The fourth-order valence-electron chi connectivity index (χ4n) is 2.77. The van der Waals surface area contributed by atoms with Crippen molar-refractivity contribution < 1.29 is 8.42 Å². The summed E-state index contributed by atoms with van der Waals surface area (Å²) in [6, 6.07) is 3.73. The quantitative estimate of drug-likeness (QED) is 0.783. The van der Waals surface area contributed by atoms with Crippen LogP contribution < -0.4 is 0 Å². The lowest BCUT2D eigenvalue weighted by atomic mass is 9.91. The zero-order chi connectivity index (χ0) is 14.6. The fourth-order valence-corrected chi connectivity index (χ4v) is 5.83. The molecule has 0 N–H and O–H groups in total. The summed E-state index contributed by atoms with van der Waals surface area (Å²) >= 11 is 7.36. The molecule has 1 heterocycles. The summed E-state index contributed by atoms with van der Waals surface area (Å²) in [6.45, 7) is 2.86. The second kappa shape index (κ2) is 7.25. The highest BCUT2D eigenvalue weighted by Crippen LogP contribution is 2.27. The van der Waals surface area contributed by atoms with Crippen LogP contribution in [0, 0.1) is 5.92 Å². The molecule has 1 saturated carbocycles. The highest BCUT2D eigenvalue weighted by Gasteiger charge is 2.26. The molecule has 1 aromatic heterocycles. The summed E-state index contributed by atoms with van der Waals surface area (Å²) in [4.78, 5) is 1.00. The van der Waals surface area contributed by atoms with Crippen molar-refractivity contribution in [2.24, 2.45) is 5.92 Å². The van der Waals surface area contributed by atoms with E-state index in [1.165, 1.54) is 30.6 Å². The first-order valence-corrected chi connectivity index (χ1v) is 10.0. The molecule has 0 amide bonds. The molecule has 0 bridgehead atoms. The zero-order valence-electron chi connectivity index (χ0n) is 11.8. The van der Waals surface area contributed by atoms with Gasteiger partial charge in [-0.25, -0.2) is 8.42 Å². The van der Waals surface area contributed by atoms with Gasteiger partial charge >= 0.3 is 0 Å². The predicted molar refractivity (Wildman–Crippen MR) is 85.8 cm³/mol. The van der Waals surface area contributed by atoms with Crippen molar-refractivity contribution in [2.75, 3.05) is 12.3 Å². The maximum Gasteiger partial charge on any atom is 0.214 e. The van der Waals surface area contributed by atoms with Crippen LogP contribution in [0.1, 0.15) is 43.9 Å². The Morgan fingerprint density at radius 1 is 1.30 bits per heavy atom. The van der Waals surface area contributed by atoms with Crippen molar-refractivity contribution in [3.63, 3.8) is 0 Å². The Kier molecular flexibility index (Phi) is 5.90. The number of rotatable bonds is 6. The Hall–Kier alpha value is -0.100. The predicted octanol–water partition coefficient (Wildman–Crippen LogP) is 4.13. The SMILES string of the molecule is CCN(Cc1ccc(Cl)s1)S(=O)(=O)CC1CCCCC1. The van der Waals surface area contributed by atoms with Crippen LogP contribution >= 0.6 is 22.9 Å². The third kappa shape index (κ3) is 4.45. The van der Waals surface area contributed by atoms with Crippen LogP contribution in [0.5, 0.6) is 0 Å². The van der Waals surface area contributed by atoms with Gasteiger partial charge in [-0.1, -0.05) is 37.8 Å². The Bertz CT molecular complexity index is 521. The molecule has 1 aliphatic rings. The second-order valence-electron chi connectivity index (χ2n) is 5.41. The smallest absolute Gasteiger partial charge is 0.212 e. The summed E-state index contributed by atoms with van der Waals surface area (Å²) in [5, 5.41) is 0. The molecule has 0 aromatic carbocycles. The molecule has 6 heteroatoms. The summed E-state index contributed by atoms with van der Waals surface area (Å²) in [6.07, 6.45) is 5.71. The van der Waals surface area contributed by atoms with Gasteiger partial charge in [0.1, 0.15) is 0 Å². The fraction of sp³-hybridized carbons (Fsp3) is 0.714. The minimum absolute atomic E-state index is 0.306. The van der Waals surface area contributed by atoms with E-state index in [0.717, 1.165) is 17.7 Å². The lowest BCUT2D eigenvalue weighted by Gasteiger charge is -2.26. The Morgan fingerprint density at radius 2 is 2.00 bits per heavy atom. The minimum atomic E-state index is -3.16. The Labute approximate surface area is 131 Å². The molecule has 0 saturated heterocycles. The van der Waals surface area contributed by atoms with Gasteiger partial charge in [0.05, 0.1) is 10.1 Å². The van der Waals surface area contributed by atoms with Crippen LogP contribution in [0.15, 0.2) is 12.1 Å². The maximum absolute atomic E-state index is 12.5. The van der Waals surface area contributed by atoms with Crippen molar-refractivity contribution in [2.45, 2.75) is 45.6 Å². The first-order valence-electron chi connectivity index (χ1n) is 7.23. The highest BCUT2D eigenvalue weighted by atomic mass is 35.5. The summed E-state index contributed by atoms with van der Waals surface area (Å²) < 4.78 is 27.4. The monoisotopic (exact) mass is 335 g/mol. The van der Waals surface area contributed by atoms with Gasteiger partial charge in [0.25, 0.3) is 0 Å². The van der Waals surface area contributed by atoms with Crippen molar-refractivity contribution in [1.29, 1.82) is 0 Å². The molecule has 0 spiro atoms. The van der Waals surface area contributed by atoms with Crippen molar-refractivity contribution >= 4 is 33.0 Å². The van der Waals surface area contributed by atoms with Crippen LogP contribution in [0.3, 0.4) is 0 Å². The molecule has 1 aromatic rings. The molecule has 0 atom stereocenters. The van der Waals surface area contributed by atoms with E-state index in [1.54, 1.807) is 4.31 Å². The van der Waals surface area contributed by atoms with E-state index in [1.807, 2.05) is 19.1 Å². The molecule has 1 aliphatic carbocycles. The third-order valence-electron chi connectivity index (χ3n) is 3.88. The average Bonchev–Trinajstić information content (AvgIpc) is 2.82. The molecule has 0 radical (unpaired) electrons. The summed E-state index contributed by atoms with van der Waals surface area (Å²) in [7, 11) is -3.16. The molecule has 2 rings (SSSR count). The molecular weight excluding hydrogens is 314 g/mol. The van der Waals surface area contributed by atoms with Crippen molar-refractivity contribution in [3.8, 4) is 0 Å². The van der Waals surface area contributed by atoms with E-state index >= 15 is 0 Å². The van der Waals surface area contributed by atoms with Gasteiger partial charge in [-0.3, -0.25) is 0 Å². The van der Waals surface area contributed by atoms with E-state index < -0.39 is 10.0 Å².